The maximum absolute atomic E-state index is 12.3. The molecule has 1 amide bonds. The number of aromatic nitrogens is 2. The lowest BCUT2D eigenvalue weighted by molar-refractivity contribution is -0.115. The number of fused-ring (bicyclic) bond motifs is 1. The molecule has 0 aliphatic heterocycles. The van der Waals surface area contributed by atoms with Gasteiger partial charge in [-0.15, -0.1) is 0 Å². The van der Waals surface area contributed by atoms with Crippen molar-refractivity contribution >= 4 is 17.2 Å². The number of hydrogen-bond acceptors (Lipinski definition) is 3. The molecular weight excluding hydrogens is 338 g/mol. The molecule has 1 N–H and O–H groups in total. The highest BCUT2D eigenvalue weighted by atomic mass is 16.5. The number of nitrogens with one attached hydrogen (secondary N) is 1. The van der Waals surface area contributed by atoms with Crippen LogP contribution >= 0.6 is 0 Å². The van der Waals surface area contributed by atoms with E-state index in [2.05, 4.69) is 17.2 Å². The van der Waals surface area contributed by atoms with Crippen molar-refractivity contribution in [3.8, 4) is 5.75 Å². The Morgan fingerprint density at radius 1 is 1.15 bits per heavy atom. The molecule has 0 unspecified atom stereocenters. The number of imidazole rings is 1. The van der Waals surface area contributed by atoms with E-state index in [1.807, 2.05) is 60.1 Å². The highest BCUT2D eigenvalue weighted by Crippen LogP contribution is 2.17. The molecule has 5 nitrogen and oxygen atoms in total. The molecule has 3 rings (SSSR count). The van der Waals surface area contributed by atoms with Gasteiger partial charge in [-0.25, -0.2) is 4.98 Å². The summed E-state index contributed by atoms with van der Waals surface area (Å²) in [5, 5.41) is 2.91. The zero-order valence-corrected chi connectivity index (χ0v) is 16.1. The Morgan fingerprint density at radius 2 is 1.96 bits per heavy atom. The van der Waals surface area contributed by atoms with Crippen LogP contribution in [0.15, 0.2) is 48.8 Å². The number of nitrogens with zero attached hydrogens (tertiary/aromatic N) is 2. The first-order chi connectivity index (χ1) is 13.1. The van der Waals surface area contributed by atoms with Gasteiger partial charge >= 0.3 is 0 Å². The lowest BCUT2D eigenvalue weighted by Crippen LogP contribution is -2.14. The SMILES string of the molecule is CCCCCCOc1ccc(NC(=O)Cc2cn3ccc(C)cc3n2)cc1. The number of pyridine rings is 1. The van der Waals surface area contributed by atoms with Crippen LogP contribution in [0, 0.1) is 6.92 Å². The first kappa shape index (κ1) is 19.0. The average Bonchev–Trinajstić information content (AvgIpc) is 3.04. The zero-order valence-electron chi connectivity index (χ0n) is 16.1. The van der Waals surface area contributed by atoms with Crippen molar-refractivity contribution in [3.63, 3.8) is 0 Å². The summed E-state index contributed by atoms with van der Waals surface area (Å²) in [5.74, 6) is 0.753. The van der Waals surface area contributed by atoms with Crippen LogP contribution in [0.1, 0.15) is 43.9 Å². The number of carbonyl (C=O) groups is 1. The molecule has 1 aromatic carbocycles. The molecule has 0 aliphatic carbocycles. The lowest BCUT2D eigenvalue weighted by Gasteiger charge is -2.08. The van der Waals surface area contributed by atoms with Crippen molar-refractivity contribution in [2.45, 2.75) is 46.0 Å². The Balaban J connectivity index is 1.49. The fraction of sp³-hybridized carbons (Fsp3) is 0.364. The Labute approximate surface area is 160 Å². The van der Waals surface area contributed by atoms with Crippen molar-refractivity contribution < 1.29 is 9.53 Å². The maximum atomic E-state index is 12.3. The highest BCUT2D eigenvalue weighted by molar-refractivity contribution is 5.92. The monoisotopic (exact) mass is 365 g/mol. The molecule has 142 valence electrons. The summed E-state index contributed by atoms with van der Waals surface area (Å²) in [6, 6.07) is 11.5. The Morgan fingerprint density at radius 3 is 2.74 bits per heavy atom. The van der Waals surface area contributed by atoms with Gasteiger partial charge in [0.2, 0.25) is 5.91 Å². The zero-order chi connectivity index (χ0) is 19.1. The van der Waals surface area contributed by atoms with Crippen LogP contribution in [0.25, 0.3) is 5.65 Å². The number of benzene rings is 1. The summed E-state index contributed by atoms with van der Waals surface area (Å²) in [6.45, 7) is 4.96. The number of unbranched alkanes of at least 4 members (excludes halogenated alkanes) is 3. The highest BCUT2D eigenvalue weighted by Gasteiger charge is 2.08. The van der Waals surface area contributed by atoms with Crippen LogP contribution in [0.3, 0.4) is 0 Å². The van der Waals surface area contributed by atoms with Gasteiger partial charge in [0.15, 0.2) is 0 Å². The Bertz CT molecular complexity index is 884. The molecule has 0 fully saturated rings. The molecular formula is C22H27N3O2. The number of ether oxygens (including phenoxy) is 1. The number of carbonyl (C=O) groups excluding carboxylic acids is 1. The predicted octanol–water partition coefficient (Wildman–Crippen LogP) is 4.78. The van der Waals surface area contributed by atoms with E-state index in [0.29, 0.717) is 0 Å². The topological polar surface area (TPSA) is 55.6 Å². The standard InChI is InChI=1S/C22H27N3O2/c1-3-4-5-6-13-27-20-9-7-18(8-10-20)24-22(26)15-19-16-25-12-11-17(2)14-21(25)23-19/h7-12,14,16H,3-6,13,15H2,1-2H3,(H,24,26). The van der Waals surface area contributed by atoms with Gasteiger partial charge in [0, 0.05) is 18.1 Å². The quantitative estimate of drug-likeness (QED) is 0.555. The normalized spacial score (nSPS) is 10.9. The average molecular weight is 365 g/mol. The molecule has 27 heavy (non-hydrogen) atoms. The van der Waals surface area contributed by atoms with Crippen LogP contribution in [0.5, 0.6) is 5.75 Å². The van der Waals surface area contributed by atoms with E-state index >= 15 is 0 Å². The Kier molecular flexibility index (Phi) is 6.47. The van der Waals surface area contributed by atoms with E-state index in [1.54, 1.807) is 0 Å². The third-order valence-corrected chi connectivity index (χ3v) is 4.41. The van der Waals surface area contributed by atoms with Crippen LogP contribution in [0.2, 0.25) is 0 Å². The fourth-order valence-electron chi connectivity index (χ4n) is 2.94. The van der Waals surface area contributed by atoms with Crippen molar-refractivity contribution in [1.82, 2.24) is 9.38 Å². The summed E-state index contributed by atoms with van der Waals surface area (Å²) in [5.41, 5.74) is 3.53. The van der Waals surface area contributed by atoms with Crippen LogP contribution in [0.4, 0.5) is 5.69 Å². The Hall–Kier alpha value is -2.82. The van der Waals surface area contributed by atoms with E-state index in [0.717, 1.165) is 41.4 Å². The van der Waals surface area contributed by atoms with Crippen LogP contribution in [-0.2, 0) is 11.2 Å². The molecule has 0 aliphatic rings. The van der Waals surface area contributed by atoms with E-state index in [4.69, 9.17) is 4.74 Å². The summed E-state index contributed by atoms with van der Waals surface area (Å²) in [7, 11) is 0. The van der Waals surface area contributed by atoms with Gasteiger partial charge in [-0.3, -0.25) is 4.79 Å². The number of hydrogen-bond donors (Lipinski definition) is 1. The molecule has 2 heterocycles. The van der Waals surface area contributed by atoms with Crippen LogP contribution in [-0.4, -0.2) is 21.9 Å². The van der Waals surface area contributed by atoms with Gasteiger partial charge in [-0.1, -0.05) is 26.2 Å². The second kappa shape index (κ2) is 9.21. The molecule has 0 atom stereocenters. The van der Waals surface area contributed by atoms with E-state index in [-0.39, 0.29) is 12.3 Å². The predicted molar refractivity (Wildman–Crippen MR) is 108 cm³/mol. The molecule has 0 bridgehead atoms. The second-order valence-electron chi connectivity index (χ2n) is 6.86. The first-order valence-electron chi connectivity index (χ1n) is 9.61. The molecule has 0 spiro atoms. The number of rotatable bonds is 9. The third-order valence-electron chi connectivity index (χ3n) is 4.41. The van der Waals surface area contributed by atoms with Crippen molar-refractivity contribution in [3.05, 3.63) is 60.0 Å². The minimum absolute atomic E-state index is 0.0802. The van der Waals surface area contributed by atoms with Crippen LogP contribution < -0.4 is 10.1 Å². The first-order valence-corrected chi connectivity index (χ1v) is 9.61. The fourth-order valence-corrected chi connectivity index (χ4v) is 2.94. The molecule has 3 aromatic rings. The summed E-state index contributed by atoms with van der Waals surface area (Å²) in [6.07, 6.45) is 8.85. The third kappa shape index (κ3) is 5.58. The summed E-state index contributed by atoms with van der Waals surface area (Å²) in [4.78, 5) is 16.8. The second-order valence-corrected chi connectivity index (χ2v) is 6.86. The van der Waals surface area contributed by atoms with Crippen molar-refractivity contribution in [1.29, 1.82) is 0 Å². The van der Waals surface area contributed by atoms with Crippen molar-refractivity contribution in [2.75, 3.05) is 11.9 Å². The minimum Gasteiger partial charge on any atom is -0.494 e. The van der Waals surface area contributed by atoms with E-state index < -0.39 is 0 Å². The molecule has 0 saturated carbocycles. The van der Waals surface area contributed by atoms with Gasteiger partial charge in [-0.2, -0.15) is 0 Å². The largest absolute Gasteiger partial charge is 0.494 e. The van der Waals surface area contributed by atoms with E-state index in [9.17, 15) is 4.79 Å². The van der Waals surface area contributed by atoms with Gasteiger partial charge < -0.3 is 14.5 Å². The minimum atomic E-state index is -0.0802. The number of anilines is 1. The van der Waals surface area contributed by atoms with Gasteiger partial charge in [0.25, 0.3) is 0 Å². The summed E-state index contributed by atoms with van der Waals surface area (Å²) < 4.78 is 7.66. The van der Waals surface area contributed by atoms with E-state index in [1.165, 1.54) is 19.3 Å². The van der Waals surface area contributed by atoms with Gasteiger partial charge in [0.1, 0.15) is 11.4 Å². The summed E-state index contributed by atoms with van der Waals surface area (Å²) >= 11 is 0. The smallest absolute Gasteiger partial charge is 0.230 e. The molecule has 2 aromatic heterocycles. The maximum Gasteiger partial charge on any atom is 0.230 e. The molecule has 5 heteroatoms. The van der Waals surface area contributed by atoms with Gasteiger partial charge in [0.05, 0.1) is 18.7 Å². The lowest BCUT2D eigenvalue weighted by atomic mass is 10.2. The number of amides is 1. The van der Waals surface area contributed by atoms with Gasteiger partial charge in [-0.05, 0) is 55.3 Å². The number of aryl methyl sites for hydroxylation is 1. The molecule has 0 saturated heterocycles. The van der Waals surface area contributed by atoms with Crippen molar-refractivity contribution in [2.24, 2.45) is 0 Å². The molecule has 0 radical (unpaired) electrons.